The van der Waals surface area contributed by atoms with E-state index in [0.29, 0.717) is 36.1 Å². The summed E-state index contributed by atoms with van der Waals surface area (Å²) in [5.41, 5.74) is 1.47. The summed E-state index contributed by atoms with van der Waals surface area (Å²) < 4.78 is 16.1. The van der Waals surface area contributed by atoms with Gasteiger partial charge in [-0.05, 0) is 42.5 Å². The van der Waals surface area contributed by atoms with Crippen LogP contribution in [0, 0.1) is 5.92 Å². The molecule has 1 fully saturated rings. The lowest BCUT2D eigenvalue weighted by Crippen LogP contribution is -2.39. The molecule has 9 heteroatoms. The predicted octanol–water partition coefficient (Wildman–Crippen LogP) is 2.75. The maximum absolute atomic E-state index is 12.7. The normalized spacial score (nSPS) is 17.9. The van der Waals surface area contributed by atoms with Gasteiger partial charge >= 0.3 is 0 Å². The molecule has 0 bridgehead atoms. The lowest BCUT2D eigenvalue weighted by atomic mass is 9.94. The Bertz CT molecular complexity index is 1100. The molecule has 0 saturated carbocycles. The number of hydrogen-bond donors (Lipinski definition) is 0. The van der Waals surface area contributed by atoms with E-state index >= 15 is 0 Å². The first kappa shape index (κ1) is 19.2. The molecular formula is C22H21N5O4. The van der Waals surface area contributed by atoms with Gasteiger partial charge in [0.25, 0.3) is 0 Å². The highest BCUT2D eigenvalue weighted by Crippen LogP contribution is 2.32. The topological polar surface area (TPSA) is 103 Å². The molecule has 2 aromatic heterocycles. The van der Waals surface area contributed by atoms with Gasteiger partial charge in [-0.2, -0.15) is 4.98 Å². The van der Waals surface area contributed by atoms with Crippen LogP contribution in [-0.4, -0.2) is 50.8 Å². The van der Waals surface area contributed by atoms with Crippen molar-refractivity contribution >= 4 is 12.0 Å². The number of carbonyl (C=O) groups is 1. The monoisotopic (exact) mass is 419 g/mol. The van der Waals surface area contributed by atoms with Gasteiger partial charge in [-0.25, -0.2) is 4.98 Å². The summed E-state index contributed by atoms with van der Waals surface area (Å²) in [7, 11) is 0. The zero-order valence-corrected chi connectivity index (χ0v) is 16.8. The summed E-state index contributed by atoms with van der Waals surface area (Å²) in [4.78, 5) is 27.2. The van der Waals surface area contributed by atoms with Crippen molar-refractivity contribution < 1.29 is 18.8 Å². The third-order valence-corrected chi connectivity index (χ3v) is 5.37. The molecule has 5 rings (SSSR count). The largest absolute Gasteiger partial charge is 0.454 e. The molecule has 1 amide bonds. The van der Waals surface area contributed by atoms with Gasteiger partial charge in [-0.1, -0.05) is 11.2 Å². The smallest absolute Gasteiger partial charge is 0.246 e. The zero-order chi connectivity index (χ0) is 21.0. The summed E-state index contributed by atoms with van der Waals surface area (Å²) in [5.74, 6) is 2.67. The highest BCUT2D eigenvalue weighted by molar-refractivity contribution is 5.92. The Morgan fingerprint density at radius 1 is 1.23 bits per heavy atom. The summed E-state index contributed by atoms with van der Waals surface area (Å²) in [6.07, 6.45) is 10.8. The van der Waals surface area contributed by atoms with Crippen molar-refractivity contribution in [3.05, 3.63) is 54.3 Å². The number of aromatic nitrogens is 4. The number of nitrogens with zero attached hydrogens (tertiary/aromatic N) is 5. The molecule has 3 aromatic rings. The van der Waals surface area contributed by atoms with Gasteiger partial charge in [0.1, 0.15) is 5.69 Å². The third kappa shape index (κ3) is 4.40. The number of rotatable bonds is 5. The first-order chi connectivity index (χ1) is 15.2. The molecule has 31 heavy (non-hydrogen) atoms. The number of piperidine rings is 1. The van der Waals surface area contributed by atoms with Gasteiger partial charge in [-0.3, -0.25) is 9.78 Å². The second-order valence-electron chi connectivity index (χ2n) is 7.55. The highest BCUT2D eigenvalue weighted by Gasteiger charge is 2.25. The maximum atomic E-state index is 12.7. The van der Waals surface area contributed by atoms with Crippen LogP contribution in [-0.2, 0) is 11.2 Å². The van der Waals surface area contributed by atoms with Crippen LogP contribution in [0.4, 0.5) is 0 Å². The van der Waals surface area contributed by atoms with Gasteiger partial charge < -0.3 is 18.9 Å². The summed E-state index contributed by atoms with van der Waals surface area (Å²) in [5, 5.41) is 3.99. The van der Waals surface area contributed by atoms with E-state index in [2.05, 4.69) is 20.1 Å². The van der Waals surface area contributed by atoms with Crippen LogP contribution in [0.5, 0.6) is 11.5 Å². The lowest BCUT2D eigenvalue weighted by Gasteiger charge is -2.31. The standard InChI is InChI=1S/C22H21N5O4/c28-21(6-4-15-3-5-18-19(10-15)30-14-29-18)27-9-1-2-16(13-27)11-20-25-22(26-31-20)17-12-23-7-8-24-17/h3-8,10,12,16H,1-2,9,11,13-14H2/b6-4-/t16-/m0/s1. The molecule has 2 aliphatic rings. The van der Waals surface area contributed by atoms with Crippen molar-refractivity contribution in [2.24, 2.45) is 5.92 Å². The van der Waals surface area contributed by atoms with Crippen LogP contribution in [0.15, 0.2) is 47.4 Å². The van der Waals surface area contributed by atoms with Crippen molar-refractivity contribution in [1.29, 1.82) is 0 Å². The first-order valence-electron chi connectivity index (χ1n) is 10.2. The molecule has 1 aromatic carbocycles. The molecule has 1 atom stereocenters. The average Bonchev–Trinajstić information content (AvgIpc) is 3.47. The molecule has 4 heterocycles. The lowest BCUT2D eigenvalue weighted by molar-refractivity contribution is -0.127. The van der Waals surface area contributed by atoms with Crippen LogP contribution in [0.25, 0.3) is 17.6 Å². The molecule has 0 unspecified atom stereocenters. The van der Waals surface area contributed by atoms with Crippen LogP contribution < -0.4 is 9.47 Å². The van der Waals surface area contributed by atoms with Gasteiger partial charge in [0.05, 0.1) is 6.20 Å². The van der Waals surface area contributed by atoms with Crippen LogP contribution in [0.1, 0.15) is 24.3 Å². The minimum Gasteiger partial charge on any atom is -0.454 e. The van der Waals surface area contributed by atoms with Gasteiger partial charge in [0.2, 0.25) is 24.4 Å². The summed E-state index contributed by atoms with van der Waals surface area (Å²) >= 11 is 0. The minimum atomic E-state index is -0.00635. The number of benzene rings is 1. The number of carbonyl (C=O) groups excluding carboxylic acids is 1. The van der Waals surface area contributed by atoms with Crippen molar-refractivity contribution in [1.82, 2.24) is 25.0 Å². The third-order valence-electron chi connectivity index (χ3n) is 5.37. The average molecular weight is 419 g/mol. The molecule has 0 N–H and O–H groups in total. The molecule has 2 aliphatic heterocycles. The van der Waals surface area contributed by atoms with Gasteiger partial charge in [-0.15, -0.1) is 0 Å². The van der Waals surface area contributed by atoms with Crippen molar-refractivity contribution in [3.63, 3.8) is 0 Å². The van der Waals surface area contributed by atoms with Crippen LogP contribution in [0.2, 0.25) is 0 Å². The summed E-state index contributed by atoms with van der Waals surface area (Å²) in [6, 6.07) is 5.62. The van der Waals surface area contributed by atoms with Crippen molar-refractivity contribution in [2.75, 3.05) is 19.9 Å². The Morgan fingerprint density at radius 3 is 3.06 bits per heavy atom. The Kier molecular flexibility index (Phi) is 5.30. The Hall–Kier alpha value is -3.75. The van der Waals surface area contributed by atoms with Gasteiger partial charge in [0.15, 0.2) is 11.5 Å². The van der Waals surface area contributed by atoms with Gasteiger partial charge in [0, 0.05) is 38.0 Å². The molecule has 0 radical (unpaired) electrons. The molecule has 0 spiro atoms. The number of ether oxygens (including phenoxy) is 2. The van der Waals surface area contributed by atoms with E-state index in [1.54, 1.807) is 30.7 Å². The van der Waals surface area contributed by atoms with E-state index < -0.39 is 0 Å². The molecule has 0 aliphatic carbocycles. The molecule has 1 saturated heterocycles. The van der Waals surface area contributed by atoms with Crippen molar-refractivity contribution in [3.8, 4) is 23.0 Å². The summed E-state index contributed by atoms with van der Waals surface area (Å²) in [6.45, 7) is 1.64. The first-order valence-corrected chi connectivity index (χ1v) is 10.2. The van der Waals surface area contributed by atoms with E-state index in [0.717, 1.165) is 30.7 Å². The van der Waals surface area contributed by atoms with E-state index in [4.69, 9.17) is 14.0 Å². The van der Waals surface area contributed by atoms with Crippen LogP contribution >= 0.6 is 0 Å². The Morgan fingerprint density at radius 2 is 2.16 bits per heavy atom. The number of hydrogen-bond acceptors (Lipinski definition) is 8. The fourth-order valence-corrected chi connectivity index (χ4v) is 3.82. The molecular weight excluding hydrogens is 398 g/mol. The SMILES string of the molecule is O=C(/C=C\c1ccc2c(c1)OCO2)N1CCC[C@@H](Cc2nc(-c3cnccn3)no2)C1. The second-order valence-corrected chi connectivity index (χ2v) is 7.55. The number of likely N-dealkylation sites (tertiary alicyclic amines) is 1. The minimum absolute atomic E-state index is 0.00635. The Balaban J connectivity index is 1.19. The van der Waals surface area contributed by atoms with Crippen LogP contribution in [0.3, 0.4) is 0 Å². The highest BCUT2D eigenvalue weighted by atomic mass is 16.7. The number of fused-ring (bicyclic) bond motifs is 1. The maximum Gasteiger partial charge on any atom is 0.246 e. The van der Waals surface area contributed by atoms with E-state index in [1.807, 2.05) is 23.1 Å². The predicted molar refractivity (Wildman–Crippen MR) is 110 cm³/mol. The fourth-order valence-electron chi connectivity index (χ4n) is 3.82. The molecule has 9 nitrogen and oxygen atoms in total. The fraction of sp³-hybridized carbons (Fsp3) is 0.318. The number of amides is 1. The van der Waals surface area contributed by atoms with E-state index in [9.17, 15) is 4.79 Å². The quantitative estimate of drug-likeness (QED) is 0.582. The van der Waals surface area contributed by atoms with E-state index in [-0.39, 0.29) is 18.6 Å². The Labute approximate surface area is 178 Å². The van der Waals surface area contributed by atoms with Crippen molar-refractivity contribution in [2.45, 2.75) is 19.3 Å². The zero-order valence-electron chi connectivity index (χ0n) is 16.8. The second kappa shape index (κ2) is 8.55. The van der Waals surface area contributed by atoms with E-state index in [1.165, 1.54) is 0 Å². The molecule has 158 valence electrons.